The minimum absolute atomic E-state index is 0.221. The van der Waals surface area contributed by atoms with Crippen molar-refractivity contribution in [3.8, 4) is 0 Å². The van der Waals surface area contributed by atoms with Gasteiger partial charge in [0.2, 0.25) is 6.29 Å². The van der Waals surface area contributed by atoms with Gasteiger partial charge in [0.25, 0.3) is 0 Å². The molecule has 0 spiro atoms. The van der Waals surface area contributed by atoms with Gasteiger partial charge in [-0.05, 0) is 24.5 Å². The highest BCUT2D eigenvalue weighted by Gasteiger charge is 2.68. The highest BCUT2D eigenvalue weighted by molar-refractivity contribution is 5.30. The second kappa shape index (κ2) is 6.58. The standard InChI is InChI=1S/C20H18F4O3/c21-16-11-5-4-10-15(16)18(12-6-7-13-18)17-25-19(27-26-17,20(22,23)24)14-8-2-1-3-9-14/h1-5,8-11,17H,6-7,12-13H2. The summed E-state index contributed by atoms with van der Waals surface area (Å²) in [6.45, 7) is 0. The maximum absolute atomic E-state index is 14.5. The molecule has 1 saturated carbocycles. The van der Waals surface area contributed by atoms with Gasteiger partial charge in [0.05, 0.1) is 5.41 Å². The predicted molar refractivity (Wildman–Crippen MR) is 87.8 cm³/mol. The smallest absolute Gasteiger partial charge is 0.303 e. The largest absolute Gasteiger partial charge is 0.451 e. The van der Waals surface area contributed by atoms with Crippen LogP contribution in [0.4, 0.5) is 17.6 Å². The number of hydrogen-bond acceptors (Lipinski definition) is 3. The fourth-order valence-corrected chi connectivity index (χ4v) is 4.06. The number of halogens is 4. The van der Waals surface area contributed by atoms with Crippen molar-refractivity contribution in [3.63, 3.8) is 0 Å². The first-order valence-corrected chi connectivity index (χ1v) is 8.79. The molecule has 7 heteroatoms. The van der Waals surface area contributed by atoms with Crippen molar-refractivity contribution < 1.29 is 32.1 Å². The van der Waals surface area contributed by atoms with Gasteiger partial charge in [-0.25, -0.2) is 4.39 Å². The molecule has 0 radical (unpaired) electrons. The normalized spacial score (nSPS) is 27.8. The molecule has 3 nitrogen and oxygen atoms in total. The van der Waals surface area contributed by atoms with E-state index in [2.05, 4.69) is 0 Å². The Morgan fingerprint density at radius 3 is 2.15 bits per heavy atom. The minimum atomic E-state index is -4.88. The van der Waals surface area contributed by atoms with Crippen molar-refractivity contribution in [1.82, 2.24) is 0 Å². The van der Waals surface area contributed by atoms with Crippen LogP contribution in [0.3, 0.4) is 0 Å². The van der Waals surface area contributed by atoms with Gasteiger partial charge in [-0.1, -0.05) is 61.4 Å². The lowest BCUT2D eigenvalue weighted by molar-refractivity contribution is -0.419. The predicted octanol–water partition coefficient (Wildman–Crippen LogP) is 5.36. The van der Waals surface area contributed by atoms with E-state index in [1.807, 2.05) is 0 Å². The lowest BCUT2D eigenvalue weighted by Crippen LogP contribution is -2.46. The molecule has 1 heterocycles. The monoisotopic (exact) mass is 382 g/mol. The molecule has 4 rings (SSSR count). The third-order valence-electron chi connectivity index (χ3n) is 5.41. The maximum Gasteiger partial charge on any atom is 0.451 e. The van der Waals surface area contributed by atoms with Crippen molar-refractivity contribution in [2.24, 2.45) is 0 Å². The summed E-state index contributed by atoms with van der Waals surface area (Å²) in [5.74, 6) is -3.53. The van der Waals surface area contributed by atoms with Crippen LogP contribution >= 0.6 is 0 Å². The van der Waals surface area contributed by atoms with Crippen molar-refractivity contribution in [1.29, 1.82) is 0 Å². The molecule has 0 N–H and O–H groups in total. The molecule has 1 saturated heterocycles. The Balaban J connectivity index is 1.76. The van der Waals surface area contributed by atoms with Gasteiger partial charge in [-0.15, -0.1) is 0 Å². The van der Waals surface area contributed by atoms with Crippen molar-refractivity contribution in [3.05, 3.63) is 71.5 Å². The quantitative estimate of drug-likeness (QED) is 0.529. The summed E-state index contributed by atoms with van der Waals surface area (Å²) in [6, 6.07) is 13.1. The van der Waals surface area contributed by atoms with Crippen molar-refractivity contribution >= 4 is 0 Å². The van der Waals surface area contributed by atoms with Gasteiger partial charge in [-0.2, -0.15) is 22.9 Å². The average Bonchev–Trinajstić information content (AvgIpc) is 3.31. The molecule has 144 valence electrons. The van der Waals surface area contributed by atoms with Crippen LogP contribution in [-0.4, -0.2) is 12.5 Å². The summed E-state index contributed by atoms with van der Waals surface area (Å²) in [7, 11) is 0. The minimum Gasteiger partial charge on any atom is -0.303 e. The van der Waals surface area contributed by atoms with Crippen molar-refractivity contribution in [2.45, 2.75) is 49.4 Å². The van der Waals surface area contributed by atoms with Crippen LogP contribution in [-0.2, 0) is 25.7 Å². The first kappa shape index (κ1) is 18.4. The molecule has 2 aromatic carbocycles. The molecule has 0 aromatic heterocycles. The van der Waals surface area contributed by atoms with Crippen LogP contribution in [0.25, 0.3) is 0 Å². The number of hydrogen-bond donors (Lipinski definition) is 0. The second-order valence-corrected chi connectivity index (χ2v) is 6.95. The lowest BCUT2D eigenvalue weighted by Gasteiger charge is -2.34. The molecule has 2 aromatic rings. The molecule has 1 aliphatic carbocycles. The zero-order valence-electron chi connectivity index (χ0n) is 14.3. The fraction of sp³-hybridized carbons (Fsp3) is 0.400. The molecular formula is C20H18F4O3. The van der Waals surface area contributed by atoms with Gasteiger partial charge < -0.3 is 4.74 Å². The van der Waals surface area contributed by atoms with E-state index in [-0.39, 0.29) is 5.56 Å². The molecule has 2 atom stereocenters. The van der Waals surface area contributed by atoms with Crippen LogP contribution in [0.5, 0.6) is 0 Å². The molecule has 0 amide bonds. The summed E-state index contributed by atoms with van der Waals surface area (Å²) in [6.07, 6.45) is -3.88. The number of rotatable bonds is 3. The summed E-state index contributed by atoms with van der Waals surface area (Å²) < 4.78 is 61.9. The van der Waals surface area contributed by atoms with E-state index in [0.717, 1.165) is 12.8 Å². The van der Waals surface area contributed by atoms with Crippen LogP contribution in [0.15, 0.2) is 54.6 Å². The van der Waals surface area contributed by atoms with Crippen LogP contribution in [0.1, 0.15) is 36.8 Å². The van der Waals surface area contributed by atoms with Crippen LogP contribution in [0, 0.1) is 5.82 Å². The molecule has 2 aliphatic rings. The number of ether oxygens (including phenoxy) is 1. The summed E-state index contributed by atoms with van der Waals surface area (Å²) >= 11 is 0. The topological polar surface area (TPSA) is 27.7 Å². The van der Waals surface area contributed by atoms with Crippen LogP contribution in [0.2, 0.25) is 0 Å². The van der Waals surface area contributed by atoms with E-state index in [0.29, 0.717) is 18.4 Å². The molecule has 0 bridgehead atoms. The van der Waals surface area contributed by atoms with Crippen LogP contribution < -0.4 is 0 Å². The Bertz CT molecular complexity index is 802. The van der Waals surface area contributed by atoms with Gasteiger partial charge in [-0.3, -0.25) is 0 Å². The SMILES string of the molecule is Fc1ccccc1C1(C2OOC(c3ccccc3)(C(F)(F)F)O2)CCCC1. The Morgan fingerprint density at radius 1 is 0.889 bits per heavy atom. The van der Waals surface area contributed by atoms with Gasteiger partial charge in [0.15, 0.2) is 0 Å². The Morgan fingerprint density at radius 2 is 1.52 bits per heavy atom. The third kappa shape index (κ3) is 2.85. The molecule has 2 fully saturated rings. The number of benzene rings is 2. The van der Waals surface area contributed by atoms with E-state index in [1.165, 1.54) is 30.3 Å². The highest BCUT2D eigenvalue weighted by Crippen LogP contribution is 2.55. The summed E-state index contributed by atoms with van der Waals surface area (Å²) in [4.78, 5) is 9.97. The first-order chi connectivity index (χ1) is 12.9. The first-order valence-electron chi connectivity index (χ1n) is 8.79. The second-order valence-electron chi connectivity index (χ2n) is 6.95. The summed E-state index contributed by atoms with van der Waals surface area (Å²) in [5.41, 5.74) is -0.962. The van der Waals surface area contributed by atoms with Crippen molar-refractivity contribution in [2.75, 3.05) is 0 Å². The highest BCUT2D eigenvalue weighted by atomic mass is 19.4. The molecule has 1 aliphatic heterocycles. The third-order valence-corrected chi connectivity index (χ3v) is 5.41. The van der Waals surface area contributed by atoms with E-state index in [4.69, 9.17) is 14.5 Å². The van der Waals surface area contributed by atoms with Gasteiger partial charge in [0, 0.05) is 5.56 Å². The zero-order valence-corrected chi connectivity index (χ0v) is 14.3. The Labute approximate surface area is 153 Å². The Kier molecular flexibility index (Phi) is 4.49. The van der Waals surface area contributed by atoms with E-state index >= 15 is 0 Å². The van der Waals surface area contributed by atoms with Gasteiger partial charge in [0.1, 0.15) is 5.82 Å². The summed E-state index contributed by atoms with van der Waals surface area (Å²) in [5, 5.41) is 0. The van der Waals surface area contributed by atoms with Gasteiger partial charge >= 0.3 is 12.0 Å². The molecule has 2 unspecified atom stereocenters. The maximum atomic E-state index is 14.5. The zero-order chi connectivity index (χ0) is 19.1. The lowest BCUT2D eigenvalue weighted by atomic mass is 9.77. The Hall–Kier alpha value is -1.96. The average molecular weight is 382 g/mol. The van der Waals surface area contributed by atoms with E-state index < -0.39 is 29.5 Å². The molecule has 27 heavy (non-hydrogen) atoms. The number of alkyl halides is 3. The van der Waals surface area contributed by atoms with E-state index in [1.54, 1.807) is 24.3 Å². The fourth-order valence-electron chi connectivity index (χ4n) is 4.06. The molecular weight excluding hydrogens is 364 g/mol. The van der Waals surface area contributed by atoms with E-state index in [9.17, 15) is 17.6 Å².